The lowest BCUT2D eigenvalue weighted by atomic mass is 10.1. The van der Waals surface area contributed by atoms with Crippen LogP contribution < -0.4 is 10.6 Å². The monoisotopic (exact) mass is 330 g/mol. The minimum atomic E-state index is -0.450. The molecule has 0 aromatic heterocycles. The van der Waals surface area contributed by atoms with Crippen molar-refractivity contribution in [3.05, 3.63) is 0 Å². The third-order valence-electron chi connectivity index (χ3n) is 3.08. The Morgan fingerprint density at radius 2 is 1.65 bits per heavy atom. The number of carbonyl (C=O) groups excluding carboxylic acids is 3. The summed E-state index contributed by atoms with van der Waals surface area (Å²) < 4.78 is 10.6. The third kappa shape index (κ3) is 12.7. The molecule has 0 aliphatic rings. The first-order chi connectivity index (χ1) is 11.0. The minimum absolute atomic E-state index is 0.0355. The Hall–Kier alpha value is -1.47. The summed E-state index contributed by atoms with van der Waals surface area (Å²) in [6, 6.07) is -0.450. The molecule has 0 radical (unpaired) electrons. The van der Waals surface area contributed by atoms with Gasteiger partial charge in [-0.15, -0.1) is 0 Å². The average Bonchev–Trinajstić information content (AvgIpc) is 2.50. The van der Waals surface area contributed by atoms with Crippen LogP contribution in [0.2, 0.25) is 0 Å². The number of hydrogen-bond donors (Lipinski definition) is 2. The molecule has 0 aromatic carbocycles. The number of aldehydes is 1. The minimum Gasteiger partial charge on any atom is -0.379 e. The molecule has 1 atom stereocenters. The highest BCUT2D eigenvalue weighted by atomic mass is 16.5. The molecule has 0 saturated carbocycles. The van der Waals surface area contributed by atoms with Crippen molar-refractivity contribution in [3.63, 3.8) is 0 Å². The number of hydrogen-bond acceptors (Lipinski definition) is 5. The number of carbonyl (C=O) groups is 3. The SMILES string of the molecule is CCCC(=O)NCCOCCOCCC(=O)NC(C=O)C(C)C. The first kappa shape index (κ1) is 21.5. The first-order valence-electron chi connectivity index (χ1n) is 8.18. The van der Waals surface area contributed by atoms with Gasteiger partial charge in [-0.25, -0.2) is 0 Å². The fourth-order valence-electron chi connectivity index (χ4n) is 1.68. The largest absolute Gasteiger partial charge is 0.379 e. The molecule has 0 fully saturated rings. The van der Waals surface area contributed by atoms with E-state index in [-0.39, 0.29) is 30.8 Å². The topological polar surface area (TPSA) is 93.7 Å². The Labute approximate surface area is 138 Å². The Morgan fingerprint density at radius 1 is 1.00 bits per heavy atom. The number of ether oxygens (including phenoxy) is 2. The van der Waals surface area contributed by atoms with Crippen molar-refractivity contribution >= 4 is 18.1 Å². The lowest BCUT2D eigenvalue weighted by Gasteiger charge is -2.16. The highest BCUT2D eigenvalue weighted by Gasteiger charge is 2.14. The average molecular weight is 330 g/mol. The van der Waals surface area contributed by atoms with Gasteiger partial charge >= 0.3 is 0 Å². The van der Waals surface area contributed by atoms with Crippen molar-refractivity contribution in [1.82, 2.24) is 10.6 Å². The van der Waals surface area contributed by atoms with E-state index in [1.165, 1.54) is 0 Å². The molecular weight excluding hydrogens is 300 g/mol. The maximum Gasteiger partial charge on any atom is 0.222 e. The molecule has 0 heterocycles. The zero-order valence-electron chi connectivity index (χ0n) is 14.4. The van der Waals surface area contributed by atoms with Crippen LogP contribution in [-0.2, 0) is 23.9 Å². The van der Waals surface area contributed by atoms with E-state index < -0.39 is 6.04 Å². The fourth-order valence-corrected chi connectivity index (χ4v) is 1.68. The predicted molar refractivity (Wildman–Crippen MR) is 87.0 cm³/mol. The van der Waals surface area contributed by atoms with Crippen molar-refractivity contribution in [3.8, 4) is 0 Å². The second-order valence-corrected chi connectivity index (χ2v) is 5.55. The van der Waals surface area contributed by atoms with Crippen molar-refractivity contribution in [2.24, 2.45) is 5.92 Å². The summed E-state index contributed by atoms with van der Waals surface area (Å²) in [5.74, 6) is -0.0904. The lowest BCUT2D eigenvalue weighted by molar-refractivity contribution is -0.125. The molecule has 2 amide bonds. The summed E-state index contributed by atoms with van der Waals surface area (Å²) in [6.45, 7) is 7.71. The number of amides is 2. The maximum atomic E-state index is 11.6. The van der Waals surface area contributed by atoms with Crippen LogP contribution in [0.4, 0.5) is 0 Å². The van der Waals surface area contributed by atoms with Gasteiger partial charge in [0.2, 0.25) is 11.8 Å². The Bertz CT molecular complexity index is 347. The molecule has 0 saturated heterocycles. The predicted octanol–water partition coefficient (Wildman–Crippen LogP) is 0.666. The molecule has 7 nitrogen and oxygen atoms in total. The highest BCUT2D eigenvalue weighted by Crippen LogP contribution is 1.98. The molecule has 0 aliphatic heterocycles. The molecule has 0 spiro atoms. The van der Waals surface area contributed by atoms with Crippen LogP contribution >= 0.6 is 0 Å². The summed E-state index contributed by atoms with van der Waals surface area (Å²) >= 11 is 0. The van der Waals surface area contributed by atoms with Gasteiger partial charge in [-0.3, -0.25) is 9.59 Å². The molecule has 0 aliphatic carbocycles. The number of nitrogens with one attached hydrogen (secondary N) is 2. The van der Waals surface area contributed by atoms with E-state index in [1.54, 1.807) is 0 Å². The number of rotatable bonds is 14. The van der Waals surface area contributed by atoms with Crippen molar-refractivity contribution in [2.75, 3.05) is 33.0 Å². The summed E-state index contributed by atoms with van der Waals surface area (Å²) in [5.41, 5.74) is 0. The molecular formula is C16H30N2O5. The van der Waals surface area contributed by atoms with Gasteiger partial charge in [0.15, 0.2) is 0 Å². The van der Waals surface area contributed by atoms with Crippen molar-refractivity contribution < 1.29 is 23.9 Å². The van der Waals surface area contributed by atoms with E-state index in [2.05, 4.69) is 10.6 Å². The van der Waals surface area contributed by atoms with Crippen LogP contribution in [-0.4, -0.2) is 57.1 Å². The zero-order chi connectivity index (χ0) is 17.5. The van der Waals surface area contributed by atoms with Gasteiger partial charge in [-0.2, -0.15) is 0 Å². The van der Waals surface area contributed by atoms with E-state index >= 15 is 0 Å². The Morgan fingerprint density at radius 3 is 2.22 bits per heavy atom. The standard InChI is InChI=1S/C16H30N2O5/c1-4-5-15(20)17-7-9-23-11-10-22-8-6-16(21)18-14(12-19)13(2)3/h12-14H,4-11H2,1-3H3,(H,17,20)(H,18,21). The van der Waals surface area contributed by atoms with E-state index in [0.717, 1.165) is 12.7 Å². The molecule has 2 N–H and O–H groups in total. The van der Waals surface area contributed by atoms with Gasteiger partial charge in [-0.1, -0.05) is 20.8 Å². The third-order valence-corrected chi connectivity index (χ3v) is 3.08. The molecule has 7 heteroatoms. The van der Waals surface area contributed by atoms with Crippen molar-refractivity contribution in [1.29, 1.82) is 0 Å². The van der Waals surface area contributed by atoms with Crippen LogP contribution in [0.25, 0.3) is 0 Å². The second-order valence-electron chi connectivity index (χ2n) is 5.55. The van der Waals surface area contributed by atoms with E-state index in [1.807, 2.05) is 20.8 Å². The molecule has 0 bridgehead atoms. The molecule has 1 unspecified atom stereocenters. The zero-order valence-corrected chi connectivity index (χ0v) is 14.4. The molecule has 134 valence electrons. The van der Waals surface area contributed by atoms with Gasteiger partial charge < -0.3 is 24.9 Å². The fraction of sp³-hybridized carbons (Fsp3) is 0.812. The molecule has 0 rings (SSSR count). The molecule has 23 heavy (non-hydrogen) atoms. The van der Waals surface area contributed by atoms with Gasteiger partial charge in [0.25, 0.3) is 0 Å². The first-order valence-corrected chi connectivity index (χ1v) is 8.18. The van der Waals surface area contributed by atoms with Crippen LogP contribution in [0.5, 0.6) is 0 Å². The maximum absolute atomic E-state index is 11.6. The van der Waals surface area contributed by atoms with Gasteiger partial charge in [0.1, 0.15) is 6.29 Å². The summed E-state index contributed by atoms with van der Waals surface area (Å²) in [5, 5.41) is 5.39. The smallest absolute Gasteiger partial charge is 0.222 e. The van der Waals surface area contributed by atoms with E-state index in [0.29, 0.717) is 32.8 Å². The van der Waals surface area contributed by atoms with E-state index in [9.17, 15) is 14.4 Å². The van der Waals surface area contributed by atoms with Gasteiger partial charge in [0.05, 0.1) is 32.5 Å². The van der Waals surface area contributed by atoms with Crippen LogP contribution in [0.15, 0.2) is 0 Å². The quantitative estimate of drug-likeness (QED) is 0.361. The molecule has 0 aromatic rings. The van der Waals surface area contributed by atoms with Crippen LogP contribution in [0.3, 0.4) is 0 Å². The summed E-state index contributed by atoms with van der Waals surface area (Å²) in [4.78, 5) is 33.5. The second kappa shape index (κ2) is 14.1. The lowest BCUT2D eigenvalue weighted by Crippen LogP contribution is -2.40. The van der Waals surface area contributed by atoms with Crippen LogP contribution in [0, 0.1) is 5.92 Å². The normalized spacial score (nSPS) is 12.0. The summed E-state index contributed by atoms with van der Waals surface area (Å²) in [6.07, 6.45) is 2.33. The Balaban J connectivity index is 3.44. The van der Waals surface area contributed by atoms with Gasteiger partial charge in [-0.05, 0) is 12.3 Å². The van der Waals surface area contributed by atoms with E-state index in [4.69, 9.17) is 9.47 Å². The van der Waals surface area contributed by atoms with Crippen LogP contribution in [0.1, 0.15) is 40.0 Å². The van der Waals surface area contributed by atoms with Crippen molar-refractivity contribution in [2.45, 2.75) is 46.1 Å². The highest BCUT2D eigenvalue weighted by molar-refractivity contribution is 5.79. The summed E-state index contributed by atoms with van der Waals surface area (Å²) in [7, 11) is 0. The Kier molecular flexibility index (Phi) is 13.2. The van der Waals surface area contributed by atoms with Gasteiger partial charge in [0, 0.05) is 19.4 Å².